The van der Waals surface area contributed by atoms with Crippen LogP contribution < -0.4 is 0 Å². The van der Waals surface area contributed by atoms with Gasteiger partial charge in [0.25, 0.3) is 0 Å². The first kappa shape index (κ1) is 103. The minimum atomic E-state index is -5.00. The van der Waals surface area contributed by atoms with Crippen molar-refractivity contribution in [3.63, 3.8) is 0 Å². The standard InChI is InChI=1S/C89H148O17P2/c1-5-9-13-17-21-25-29-33-36-39-41-44-46-50-53-57-61-65-69-73-86(91)99-79-84(105-88(93)75-71-67-63-59-55-49-32-28-24-20-16-12-8-4)81-103-107(95,96)101-77-83(90)78-102-108(97,98)104-82-85(106-89(94)76-72-68-64-60-56-52-48-43-38-35-31-27-23-19-15-11-7-3)80-100-87(92)74-70-66-62-58-54-51-47-45-42-40-37-34-30-26-22-18-14-10-6-2/h9-11,13-15,21-23,25-28,32-38,41-42,44-45,50,53,83-85,90H,5-8,12,16-20,24,29-31,39-40,43,46-49,51-52,54-82H2,1-4H3,(H,95,96)(H,97,98)/b13-9-,14-10-,15-11-,25-21-,26-22-,27-23-,32-28-,36-33-,37-34-,38-35-,44-41-,45-42-,53-50-. The number of carbonyl (C=O) groups excluding carboxylic acids is 4. The molecule has 0 spiro atoms. The third-order valence-corrected chi connectivity index (χ3v) is 18.9. The molecule has 3 N–H and O–H groups in total. The van der Waals surface area contributed by atoms with Crippen LogP contribution in [0.4, 0.5) is 0 Å². The Labute approximate surface area is 655 Å². The normalized spacial score (nSPS) is 14.6. The van der Waals surface area contributed by atoms with Gasteiger partial charge in [0, 0.05) is 25.7 Å². The number of allylic oxidation sites excluding steroid dienone is 26. The van der Waals surface area contributed by atoms with E-state index in [0.717, 1.165) is 218 Å². The molecule has 0 aliphatic rings. The molecule has 0 saturated carbocycles. The largest absolute Gasteiger partial charge is 0.472 e. The van der Waals surface area contributed by atoms with E-state index in [2.05, 4.69) is 186 Å². The second-order valence-electron chi connectivity index (χ2n) is 27.3. The van der Waals surface area contributed by atoms with Crippen LogP contribution in [0.2, 0.25) is 0 Å². The zero-order chi connectivity index (χ0) is 78.9. The molecule has 19 heteroatoms. The summed E-state index contributed by atoms with van der Waals surface area (Å²) in [5.74, 6) is -2.25. The highest BCUT2D eigenvalue weighted by Gasteiger charge is 2.30. The monoisotopic (exact) mass is 1550 g/mol. The third kappa shape index (κ3) is 78.8. The van der Waals surface area contributed by atoms with Gasteiger partial charge in [-0.3, -0.25) is 37.3 Å². The topological polar surface area (TPSA) is 237 Å². The lowest BCUT2D eigenvalue weighted by Crippen LogP contribution is -2.30. The number of unbranched alkanes of at least 4 members (excludes halogenated alkanes) is 25. The molecule has 616 valence electrons. The Morgan fingerprint density at radius 1 is 0.269 bits per heavy atom. The number of aliphatic hydroxyl groups is 1. The van der Waals surface area contributed by atoms with E-state index in [4.69, 9.17) is 37.0 Å². The lowest BCUT2D eigenvalue weighted by Gasteiger charge is -2.21. The summed E-state index contributed by atoms with van der Waals surface area (Å²) in [5.41, 5.74) is 0. The Balaban J connectivity index is 5.42. The SMILES string of the molecule is CC/C=C\C/C=C\C/C=C\C/C=C\C/C=C\CCCCCC(=O)OCC(COP(=O)(O)OCC(O)COP(=O)(O)OCC(COC(=O)CCCCCCCC/C=C\C/C=C\C/C=C\C/C=C\CC)OC(=O)CCCCCCCCC/C=C\C/C=C\C/C=C\CC)OC(=O)CCCCCCC/C=C\CCCCCC. The van der Waals surface area contributed by atoms with E-state index >= 15 is 0 Å². The molecule has 0 aromatic rings. The fourth-order valence-electron chi connectivity index (χ4n) is 10.7. The first-order valence-electron chi connectivity index (χ1n) is 41.7. The van der Waals surface area contributed by atoms with Gasteiger partial charge in [-0.1, -0.05) is 288 Å². The number of aliphatic hydroxyl groups excluding tert-OH is 1. The predicted octanol–water partition coefficient (Wildman–Crippen LogP) is 24.8. The lowest BCUT2D eigenvalue weighted by molar-refractivity contribution is -0.161. The van der Waals surface area contributed by atoms with Gasteiger partial charge in [0.15, 0.2) is 12.2 Å². The van der Waals surface area contributed by atoms with Crippen LogP contribution >= 0.6 is 15.6 Å². The van der Waals surface area contributed by atoms with E-state index in [9.17, 15) is 43.2 Å². The van der Waals surface area contributed by atoms with Gasteiger partial charge < -0.3 is 33.8 Å². The van der Waals surface area contributed by atoms with E-state index in [1.807, 2.05) is 0 Å². The quantitative estimate of drug-likeness (QED) is 0.0169. The molecule has 0 saturated heterocycles. The summed E-state index contributed by atoms with van der Waals surface area (Å²) in [6.45, 7) is 4.47. The number of carbonyl (C=O) groups is 4. The van der Waals surface area contributed by atoms with E-state index in [-0.39, 0.29) is 25.7 Å². The molecule has 0 rings (SSSR count). The Kier molecular flexibility index (Phi) is 75.8. The van der Waals surface area contributed by atoms with Crippen molar-refractivity contribution >= 4 is 39.5 Å². The highest BCUT2D eigenvalue weighted by atomic mass is 31.2. The fraction of sp³-hybridized carbons (Fsp3) is 0.663. The maximum absolute atomic E-state index is 13.1. The molecule has 108 heavy (non-hydrogen) atoms. The number of phosphoric ester groups is 2. The van der Waals surface area contributed by atoms with Gasteiger partial charge in [-0.05, 0) is 167 Å². The van der Waals surface area contributed by atoms with Gasteiger partial charge in [0.1, 0.15) is 19.3 Å². The van der Waals surface area contributed by atoms with Crippen LogP contribution in [0.25, 0.3) is 0 Å². The summed E-state index contributed by atoms with van der Waals surface area (Å²) in [6.07, 6.45) is 93.5. The number of hydrogen-bond donors (Lipinski definition) is 3. The van der Waals surface area contributed by atoms with Crippen molar-refractivity contribution in [3.8, 4) is 0 Å². The van der Waals surface area contributed by atoms with Crippen molar-refractivity contribution in [3.05, 3.63) is 158 Å². The molecule has 0 heterocycles. The maximum atomic E-state index is 13.1. The summed E-state index contributed by atoms with van der Waals surface area (Å²) in [4.78, 5) is 73.2. The van der Waals surface area contributed by atoms with Crippen molar-refractivity contribution in [2.24, 2.45) is 0 Å². The summed E-state index contributed by atoms with van der Waals surface area (Å²) in [5, 5.41) is 10.7. The number of hydrogen-bond acceptors (Lipinski definition) is 15. The number of rotatable bonds is 77. The van der Waals surface area contributed by atoms with Crippen molar-refractivity contribution in [1.29, 1.82) is 0 Å². The van der Waals surface area contributed by atoms with Crippen LogP contribution in [0, 0.1) is 0 Å². The van der Waals surface area contributed by atoms with Crippen LogP contribution in [-0.4, -0.2) is 96.7 Å². The smallest absolute Gasteiger partial charge is 0.462 e. The van der Waals surface area contributed by atoms with Crippen molar-refractivity contribution in [2.75, 3.05) is 39.6 Å². The van der Waals surface area contributed by atoms with E-state index in [1.54, 1.807) is 0 Å². The summed E-state index contributed by atoms with van der Waals surface area (Å²) >= 11 is 0. The molecule has 5 atom stereocenters. The second kappa shape index (κ2) is 79.8. The first-order chi connectivity index (χ1) is 52.7. The molecule has 0 radical (unpaired) electrons. The molecular weight excluding hydrogens is 1400 g/mol. The minimum Gasteiger partial charge on any atom is -0.462 e. The molecule has 0 aromatic carbocycles. The molecule has 17 nitrogen and oxygen atoms in total. The second-order valence-corrected chi connectivity index (χ2v) is 30.2. The van der Waals surface area contributed by atoms with Crippen molar-refractivity contribution in [2.45, 2.75) is 341 Å². The van der Waals surface area contributed by atoms with Crippen LogP contribution in [-0.2, 0) is 65.4 Å². The van der Waals surface area contributed by atoms with Crippen LogP contribution in [0.15, 0.2) is 158 Å². The number of ether oxygens (including phenoxy) is 4. The Morgan fingerprint density at radius 3 is 0.759 bits per heavy atom. The third-order valence-electron chi connectivity index (χ3n) is 17.0. The van der Waals surface area contributed by atoms with Gasteiger partial charge in [0.05, 0.1) is 26.4 Å². The summed E-state index contributed by atoms with van der Waals surface area (Å²) in [7, 11) is -9.99. The molecule has 5 unspecified atom stereocenters. The molecule has 0 aliphatic carbocycles. The maximum Gasteiger partial charge on any atom is 0.472 e. The zero-order valence-electron chi connectivity index (χ0n) is 67.5. The predicted molar refractivity (Wildman–Crippen MR) is 445 cm³/mol. The van der Waals surface area contributed by atoms with E-state index < -0.39 is 97.5 Å². The molecule has 0 aromatic heterocycles. The summed E-state index contributed by atoms with van der Waals surface area (Å²) < 4.78 is 68.7. The number of esters is 4. The highest BCUT2D eigenvalue weighted by Crippen LogP contribution is 2.45. The molecule has 0 aliphatic heterocycles. The fourth-order valence-corrected chi connectivity index (χ4v) is 12.3. The number of phosphoric acid groups is 2. The average Bonchev–Trinajstić information content (AvgIpc) is 0.916. The molecule has 0 amide bonds. The molecule has 0 bridgehead atoms. The van der Waals surface area contributed by atoms with E-state index in [0.29, 0.717) is 25.7 Å². The Morgan fingerprint density at radius 2 is 0.481 bits per heavy atom. The first-order valence-corrected chi connectivity index (χ1v) is 44.7. The van der Waals surface area contributed by atoms with Gasteiger partial charge in [-0.15, -0.1) is 0 Å². The highest BCUT2D eigenvalue weighted by molar-refractivity contribution is 7.47. The molecule has 0 fully saturated rings. The van der Waals surface area contributed by atoms with Crippen LogP contribution in [0.5, 0.6) is 0 Å². The Hall–Kier alpha value is -5.32. The van der Waals surface area contributed by atoms with Gasteiger partial charge in [-0.25, -0.2) is 9.13 Å². The van der Waals surface area contributed by atoms with Crippen molar-refractivity contribution in [1.82, 2.24) is 0 Å². The molecular formula is C89H148O17P2. The van der Waals surface area contributed by atoms with Crippen LogP contribution in [0.1, 0.15) is 323 Å². The minimum absolute atomic E-state index is 0.0730. The summed E-state index contributed by atoms with van der Waals surface area (Å²) in [6, 6.07) is 0. The van der Waals surface area contributed by atoms with Gasteiger partial charge >= 0.3 is 39.5 Å². The van der Waals surface area contributed by atoms with Gasteiger partial charge in [0.2, 0.25) is 0 Å². The van der Waals surface area contributed by atoms with Crippen LogP contribution in [0.3, 0.4) is 0 Å². The average molecular weight is 1550 g/mol. The van der Waals surface area contributed by atoms with Crippen molar-refractivity contribution < 1.29 is 80.2 Å². The Bertz CT molecular complexity index is 2660. The van der Waals surface area contributed by atoms with Gasteiger partial charge in [-0.2, -0.15) is 0 Å². The lowest BCUT2D eigenvalue weighted by atomic mass is 10.1. The van der Waals surface area contributed by atoms with E-state index in [1.165, 1.54) is 25.7 Å². The zero-order valence-corrected chi connectivity index (χ0v) is 69.3.